The maximum Gasteiger partial charge on any atom is 0.224 e. The Morgan fingerprint density at radius 3 is 2.08 bits per heavy atom. The fraction of sp³-hybridized carbons (Fsp3) is 0.545. The molecule has 0 fully saturated rings. The molecule has 0 aliphatic carbocycles. The van der Waals surface area contributed by atoms with Crippen LogP contribution in [-0.2, 0) is 4.79 Å². The Hall–Kier alpha value is -1.05. The molecule has 0 aromatic heterocycles. The van der Waals surface area contributed by atoms with Crippen molar-refractivity contribution in [1.82, 2.24) is 0 Å². The topological polar surface area (TPSA) is 43.1 Å². The Morgan fingerprint density at radius 2 is 1.85 bits per heavy atom. The van der Waals surface area contributed by atoms with Crippen molar-refractivity contribution in [3.8, 4) is 0 Å². The molecule has 13 heavy (non-hydrogen) atoms. The average molecular weight is 181 g/mol. The highest BCUT2D eigenvalue weighted by atomic mass is 16.1. The van der Waals surface area contributed by atoms with Gasteiger partial charge in [-0.25, -0.2) is 0 Å². The van der Waals surface area contributed by atoms with Gasteiger partial charge >= 0.3 is 0 Å². The fourth-order valence-corrected chi connectivity index (χ4v) is 1.64. The van der Waals surface area contributed by atoms with E-state index >= 15 is 0 Å². The molecule has 0 radical (unpaired) electrons. The van der Waals surface area contributed by atoms with Crippen LogP contribution in [0.1, 0.15) is 32.6 Å². The summed E-state index contributed by atoms with van der Waals surface area (Å²) in [4.78, 5) is 11.3. The summed E-state index contributed by atoms with van der Waals surface area (Å²) in [6.07, 6.45) is 6.54. The van der Waals surface area contributed by atoms with Crippen molar-refractivity contribution in [2.75, 3.05) is 0 Å². The Labute approximate surface area is 80.5 Å². The molecule has 0 unspecified atom stereocenters. The van der Waals surface area contributed by atoms with Crippen LogP contribution in [0.25, 0.3) is 0 Å². The lowest BCUT2D eigenvalue weighted by atomic mass is 9.76. The van der Waals surface area contributed by atoms with E-state index < -0.39 is 5.41 Å². The molecule has 0 aromatic carbocycles. The summed E-state index contributed by atoms with van der Waals surface area (Å²) in [5.41, 5.74) is 4.95. The van der Waals surface area contributed by atoms with Gasteiger partial charge in [-0.3, -0.25) is 4.79 Å². The van der Waals surface area contributed by atoms with Crippen molar-refractivity contribution in [2.45, 2.75) is 32.6 Å². The van der Waals surface area contributed by atoms with Crippen molar-refractivity contribution in [3.63, 3.8) is 0 Å². The second kappa shape index (κ2) is 5.57. The van der Waals surface area contributed by atoms with Crippen LogP contribution in [0.3, 0.4) is 0 Å². The number of hydrogen-bond donors (Lipinski definition) is 1. The Bertz CT molecular complexity index is 186. The number of amides is 1. The van der Waals surface area contributed by atoms with E-state index in [0.717, 1.165) is 12.8 Å². The highest BCUT2D eigenvalue weighted by Gasteiger charge is 2.32. The molecule has 0 heterocycles. The van der Waals surface area contributed by atoms with Gasteiger partial charge in [-0.05, 0) is 19.3 Å². The minimum atomic E-state index is -0.446. The first kappa shape index (κ1) is 11.9. The SMILES string of the molecule is C=CCC(CC=C)(CCC)C(N)=O. The zero-order valence-electron chi connectivity index (χ0n) is 8.38. The average Bonchev–Trinajstić information content (AvgIpc) is 2.05. The van der Waals surface area contributed by atoms with Gasteiger partial charge in [0.1, 0.15) is 0 Å². The van der Waals surface area contributed by atoms with E-state index in [9.17, 15) is 4.79 Å². The summed E-state index contributed by atoms with van der Waals surface area (Å²) in [6, 6.07) is 0. The first-order chi connectivity index (χ1) is 6.13. The molecule has 2 nitrogen and oxygen atoms in total. The van der Waals surface area contributed by atoms with Crippen LogP contribution in [0.2, 0.25) is 0 Å². The summed E-state index contributed by atoms with van der Waals surface area (Å²) in [7, 11) is 0. The molecule has 0 bridgehead atoms. The summed E-state index contributed by atoms with van der Waals surface area (Å²) in [5, 5.41) is 0. The molecule has 0 rings (SSSR count). The zero-order chi connectivity index (χ0) is 10.3. The van der Waals surface area contributed by atoms with Gasteiger partial charge in [0, 0.05) is 0 Å². The predicted octanol–water partition coefficient (Wildman–Crippen LogP) is 2.41. The third-order valence-corrected chi connectivity index (χ3v) is 2.32. The van der Waals surface area contributed by atoms with Crippen molar-refractivity contribution >= 4 is 5.91 Å². The smallest absolute Gasteiger partial charge is 0.224 e. The van der Waals surface area contributed by atoms with Crippen LogP contribution < -0.4 is 5.73 Å². The number of nitrogens with two attached hydrogens (primary N) is 1. The molecule has 2 heteroatoms. The first-order valence-electron chi connectivity index (χ1n) is 4.64. The number of allylic oxidation sites excluding steroid dienone is 2. The molecule has 0 spiro atoms. The number of rotatable bonds is 7. The second-order valence-electron chi connectivity index (χ2n) is 3.38. The Balaban J connectivity index is 4.66. The van der Waals surface area contributed by atoms with Crippen LogP contribution in [0.4, 0.5) is 0 Å². The number of carbonyl (C=O) groups is 1. The van der Waals surface area contributed by atoms with E-state index in [1.165, 1.54) is 0 Å². The first-order valence-corrected chi connectivity index (χ1v) is 4.64. The molecule has 0 aliphatic heterocycles. The van der Waals surface area contributed by atoms with Crippen molar-refractivity contribution in [1.29, 1.82) is 0 Å². The van der Waals surface area contributed by atoms with Crippen molar-refractivity contribution in [2.24, 2.45) is 11.1 Å². The second-order valence-corrected chi connectivity index (χ2v) is 3.38. The summed E-state index contributed by atoms with van der Waals surface area (Å²) in [5.74, 6) is -0.242. The minimum Gasteiger partial charge on any atom is -0.369 e. The van der Waals surface area contributed by atoms with Crippen LogP contribution in [0, 0.1) is 5.41 Å². The molecular weight excluding hydrogens is 162 g/mol. The van der Waals surface area contributed by atoms with E-state index in [4.69, 9.17) is 5.73 Å². The van der Waals surface area contributed by atoms with Gasteiger partial charge in [-0.15, -0.1) is 13.2 Å². The van der Waals surface area contributed by atoms with Gasteiger partial charge < -0.3 is 5.73 Å². The quantitative estimate of drug-likeness (QED) is 0.602. The normalized spacial score (nSPS) is 10.8. The Morgan fingerprint density at radius 1 is 1.38 bits per heavy atom. The van der Waals surface area contributed by atoms with Crippen LogP contribution in [0.15, 0.2) is 25.3 Å². The summed E-state index contributed by atoms with van der Waals surface area (Å²) >= 11 is 0. The molecule has 74 valence electrons. The molecular formula is C11H19NO. The monoisotopic (exact) mass is 181 g/mol. The maximum atomic E-state index is 11.3. The van der Waals surface area contributed by atoms with Crippen LogP contribution in [0.5, 0.6) is 0 Å². The Kier molecular flexibility index (Phi) is 5.12. The lowest BCUT2D eigenvalue weighted by Gasteiger charge is -2.27. The van der Waals surface area contributed by atoms with Crippen LogP contribution in [-0.4, -0.2) is 5.91 Å². The zero-order valence-corrected chi connectivity index (χ0v) is 8.38. The van der Waals surface area contributed by atoms with Gasteiger partial charge in [0.25, 0.3) is 0 Å². The number of hydrogen-bond acceptors (Lipinski definition) is 1. The molecule has 0 aliphatic rings. The van der Waals surface area contributed by atoms with Crippen molar-refractivity contribution in [3.05, 3.63) is 25.3 Å². The lowest BCUT2D eigenvalue weighted by molar-refractivity contribution is -0.127. The minimum absolute atomic E-state index is 0.242. The van der Waals surface area contributed by atoms with Gasteiger partial charge in [-0.2, -0.15) is 0 Å². The van der Waals surface area contributed by atoms with Crippen molar-refractivity contribution < 1.29 is 4.79 Å². The maximum absolute atomic E-state index is 11.3. The highest BCUT2D eigenvalue weighted by Crippen LogP contribution is 2.32. The summed E-state index contributed by atoms with van der Waals surface area (Å²) in [6.45, 7) is 9.35. The standard InChI is InChI=1S/C11H19NO/c1-4-7-11(8-5-2,9-6-3)10(12)13/h4-5H,1-2,6-9H2,3H3,(H2,12,13). The van der Waals surface area contributed by atoms with Gasteiger partial charge in [-0.1, -0.05) is 25.5 Å². The number of primary amides is 1. The molecule has 0 aromatic rings. The molecule has 0 saturated heterocycles. The third-order valence-electron chi connectivity index (χ3n) is 2.32. The molecule has 2 N–H and O–H groups in total. The van der Waals surface area contributed by atoms with Gasteiger partial charge in [0.2, 0.25) is 5.91 Å². The van der Waals surface area contributed by atoms with Gasteiger partial charge in [0.15, 0.2) is 0 Å². The molecule has 1 amide bonds. The van der Waals surface area contributed by atoms with E-state index in [2.05, 4.69) is 13.2 Å². The van der Waals surface area contributed by atoms with E-state index in [-0.39, 0.29) is 5.91 Å². The lowest BCUT2D eigenvalue weighted by Crippen LogP contribution is -2.36. The number of carbonyl (C=O) groups excluding carboxylic acids is 1. The highest BCUT2D eigenvalue weighted by molar-refractivity contribution is 5.81. The van der Waals surface area contributed by atoms with Gasteiger partial charge in [0.05, 0.1) is 5.41 Å². The summed E-state index contributed by atoms with van der Waals surface area (Å²) < 4.78 is 0. The largest absolute Gasteiger partial charge is 0.369 e. The molecule has 0 saturated carbocycles. The third kappa shape index (κ3) is 3.05. The van der Waals surface area contributed by atoms with E-state index in [1.54, 1.807) is 12.2 Å². The molecule has 0 atom stereocenters. The van der Waals surface area contributed by atoms with Crippen LogP contribution >= 0.6 is 0 Å². The van der Waals surface area contributed by atoms with E-state index in [1.807, 2.05) is 6.92 Å². The predicted molar refractivity (Wildman–Crippen MR) is 56.2 cm³/mol. The fourth-order valence-electron chi connectivity index (χ4n) is 1.64. The van der Waals surface area contributed by atoms with E-state index in [0.29, 0.717) is 12.8 Å².